The van der Waals surface area contributed by atoms with Gasteiger partial charge in [-0.25, -0.2) is 0 Å². The Balaban J connectivity index is 2.68. The van der Waals surface area contributed by atoms with Gasteiger partial charge < -0.3 is 24.8 Å². The third-order valence-electron chi connectivity index (χ3n) is 3.04. The molecule has 5 nitrogen and oxygen atoms in total. The van der Waals surface area contributed by atoms with Gasteiger partial charge in [0.05, 0.1) is 24.8 Å². The zero-order chi connectivity index (χ0) is 16.0. The Morgan fingerprint density at radius 3 is 2.48 bits per heavy atom. The van der Waals surface area contributed by atoms with Crippen molar-refractivity contribution in [2.75, 3.05) is 41.4 Å². The zero-order valence-electron chi connectivity index (χ0n) is 13.4. The number of halogens is 1. The fourth-order valence-electron chi connectivity index (χ4n) is 2.27. The number of benzene rings is 1. The average Bonchev–Trinajstić information content (AvgIpc) is 2.38. The van der Waals surface area contributed by atoms with Gasteiger partial charge in [0.1, 0.15) is 0 Å². The van der Waals surface area contributed by atoms with Gasteiger partial charge in [0.2, 0.25) is 0 Å². The van der Waals surface area contributed by atoms with Gasteiger partial charge in [0.25, 0.3) is 0 Å². The van der Waals surface area contributed by atoms with Gasteiger partial charge in [-0.05, 0) is 32.6 Å². The van der Waals surface area contributed by atoms with E-state index in [1.165, 1.54) is 0 Å². The lowest BCUT2D eigenvalue weighted by Gasteiger charge is -2.27. The minimum absolute atomic E-state index is 0.468. The first-order valence-electron chi connectivity index (χ1n) is 6.78. The van der Waals surface area contributed by atoms with Crippen molar-refractivity contribution < 1.29 is 14.6 Å². The number of hydrogen-bond donors (Lipinski definition) is 2. The highest BCUT2D eigenvalue weighted by Gasteiger charge is 2.21. The van der Waals surface area contributed by atoms with E-state index < -0.39 is 5.60 Å². The van der Waals surface area contributed by atoms with Gasteiger partial charge in [-0.2, -0.15) is 0 Å². The van der Waals surface area contributed by atoms with Crippen LogP contribution < -0.4 is 14.8 Å². The maximum atomic E-state index is 10.2. The number of rotatable bonds is 8. The van der Waals surface area contributed by atoms with Crippen molar-refractivity contribution in [2.45, 2.75) is 19.1 Å². The lowest BCUT2D eigenvalue weighted by atomic mass is 10.1. The standard InChI is InChI=1S/C15H25ClN2O3/c1-15(19,10-18(2)3)9-17-8-11-6-7-12(20-4)14(21-5)13(11)16/h6-7,17,19H,8-10H2,1-5H3. The van der Waals surface area contributed by atoms with Gasteiger partial charge in [0, 0.05) is 19.6 Å². The predicted octanol–water partition coefficient (Wildman–Crippen LogP) is 1.76. The van der Waals surface area contributed by atoms with E-state index in [9.17, 15) is 5.11 Å². The van der Waals surface area contributed by atoms with Gasteiger partial charge in [-0.15, -0.1) is 0 Å². The fraction of sp³-hybridized carbons (Fsp3) is 0.600. The van der Waals surface area contributed by atoms with Crippen LogP contribution >= 0.6 is 11.6 Å². The molecule has 1 aromatic rings. The molecule has 0 aliphatic carbocycles. The molecule has 0 radical (unpaired) electrons. The summed E-state index contributed by atoms with van der Waals surface area (Å²) in [6.45, 7) is 3.40. The summed E-state index contributed by atoms with van der Waals surface area (Å²) < 4.78 is 10.5. The molecule has 1 aromatic carbocycles. The van der Waals surface area contributed by atoms with Crippen LogP contribution in [0.25, 0.3) is 0 Å². The average molecular weight is 317 g/mol. The van der Waals surface area contributed by atoms with Gasteiger partial charge in [-0.3, -0.25) is 0 Å². The topological polar surface area (TPSA) is 54.0 Å². The third kappa shape index (κ3) is 5.36. The molecule has 0 aliphatic rings. The smallest absolute Gasteiger partial charge is 0.179 e. The van der Waals surface area contributed by atoms with Gasteiger partial charge in [-0.1, -0.05) is 17.7 Å². The van der Waals surface area contributed by atoms with Crippen LogP contribution in [0.15, 0.2) is 12.1 Å². The summed E-state index contributed by atoms with van der Waals surface area (Å²) in [6, 6.07) is 3.71. The van der Waals surface area contributed by atoms with Crippen LogP contribution in [-0.4, -0.2) is 57.0 Å². The molecule has 0 saturated carbocycles. The molecular weight excluding hydrogens is 292 g/mol. The summed E-state index contributed by atoms with van der Waals surface area (Å²) in [5.41, 5.74) is 0.0990. The Morgan fingerprint density at radius 1 is 1.29 bits per heavy atom. The molecule has 0 bridgehead atoms. The number of nitrogens with zero attached hydrogens (tertiary/aromatic N) is 1. The first-order valence-corrected chi connectivity index (χ1v) is 7.15. The molecule has 0 saturated heterocycles. The van der Waals surface area contributed by atoms with Crippen LogP contribution in [0.3, 0.4) is 0 Å². The number of aliphatic hydroxyl groups is 1. The molecule has 2 N–H and O–H groups in total. The van der Waals surface area contributed by atoms with Crippen LogP contribution in [0, 0.1) is 0 Å². The van der Waals surface area contributed by atoms with Crippen molar-refractivity contribution in [2.24, 2.45) is 0 Å². The summed E-state index contributed by atoms with van der Waals surface area (Å²) in [4.78, 5) is 1.95. The van der Waals surface area contributed by atoms with E-state index in [1.807, 2.05) is 31.1 Å². The fourth-order valence-corrected chi connectivity index (χ4v) is 2.57. The SMILES string of the molecule is COc1ccc(CNCC(C)(O)CN(C)C)c(Cl)c1OC. The Labute approximate surface area is 131 Å². The summed E-state index contributed by atoms with van der Waals surface area (Å²) in [5.74, 6) is 1.13. The maximum Gasteiger partial charge on any atom is 0.179 e. The van der Waals surface area contributed by atoms with E-state index in [-0.39, 0.29) is 0 Å². The summed E-state index contributed by atoms with van der Waals surface area (Å²) in [6.07, 6.45) is 0. The van der Waals surface area contributed by atoms with Crippen molar-refractivity contribution in [1.82, 2.24) is 10.2 Å². The molecule has 0 aliphatic heterocycles. The van der Waals surface area contributed by atoms with Crippen molar-refractivity contribution >= 4 is 11.6 Å². The van der Waals surface area contributed by atoms with E-state index in [1.54, 1.807) is 21.1 Å². The zero-order valence-corrected chi connectivity index (χ0v) is 14.1. The molecule has 6 heteroatoms. The quantitative estimate of drug-likeness (QED) is 0.765. The monoisotopic (exact) mass is 316 g/mol. The lowest BCUT2D eigenvalue weighted by molar-refractivity contribution is 0.0336. The van der Waals surface area contributed by atoms with Crippen molar-refractivity contribution in [3.8, 4) is 11.5 Å². The number of likely N-dealkylation sites (N-methyl/N-ethyl adjacent to an activating group) is 1. The van der Waals surface area contributed by atoms with Crippen LogP contribution in [-0.2, 0) is 6.54 Å². The second-order valence-electron chi connectivity index (χ2n) is 5.61. The molecule has 0 aromatic heterocycles. The van der Waals surface area contributed by atoms with Crippen molar-refractivity contribution in [3.63, 3.8) is 0 Å². The molecule has 21 heavy (non-hydrogen) atoms. The summed E-state index contributed by atoms with van der Waals surface area (Å²) >= 11 is 6.31. The minimum Gasteiger partial charge on any atom is -0.493 e. The van der Waals surface area contributed by atoms with E-state index in [4.69, 9.17) is 21.1 Å². The number of hydrogen-bond acceptors (Lipinski definition) is 5. The molecule has 1 rings (SSSR count). The van der Waals surface area contributed by atoms with Crippen LogP contribution in [0.1, 0.15) is 12.5 Å². The number of nitrogens with one attached hydrogen (secondary N) is 1. The molecule has 0 heterocycles. The maximum absolute atomic E-state index is 10.2. The number of ether oxygens (including phenoxy) is 2. The number of methoxy groups -OCH3 is 2. The molecule has 0 amide bonds. The summed E-state index contributed by atoms with van der Waals surface area (Å²) in [7, 11) is 6.99. The highest BCUT2D eigenvalue weighted by Crippen LogP contribution is 2.37. The largest absolute Gasteiger partial charge is 0.493 e. The van der Waals surface area contributed by atoms with Crippen molar-refractivity contribution in [3.05, 3.63) is 22.7 Å². The molecule has 0 fully saturated rings. The van der Waals surface area contributed by atoms with E-state index in [0.29, 0.717) is 36.2 Å². The molecule has 1 unspecified atom stereocenters. The predicted molar refractivity (Wildman–Crippen MR) is 85.4 cm³/mol. The minimum atomic E-state index is -0.799. The highest BCUT2D eigenvalue weighted by molar-refractivity contribution is 6.33. The Bertz CT molecular complexity index is 464. The second kappa shape index (κ2) is 7.84. The van der Waals surface area contributed by atoms with E-state index in [2.05, 4.69) is 5.32 Å². The summed E-state index contributed by atoms with van der Waals surface area (Å²) in [5, 5.41) is 14.0. The molecule has 120 valence electrons. The normalized spacial score (nSPS) is 14.1. The Morgan fingerprint density at radius 2 is 1.95 bits per heavy atom. The Kier molecular flexibility index (Phi) is 6.74. The molecular formula is C15H25ClN2O3. The van der Waals surface area contributed by atoms with E-state index in [0.717, 1.165) is 5.56 Å². The van der Waals surface area contributed by atoms with Gasteiger partial charge in [0.15, 0.2) is 11.5 Å². The molecule has 1 atom stereocenters. The van der Waals surface area contributed by atoms with Crippen molar-refractivity contribution in [1.29, 1.82) is 0 Å². The van der Waals surface area contributed by atoms with E-state index >= 15 is 0 Å². The highest BCUT2D eigenvalue weighted by atomic mass is 35.5. The van der Waals surface area contributed by atoms with Gasteiger partial charge >= 0.3 is 0 Å². The van der Waals surface area contributed by atoms with Crippen LogP contribution in [0.2, 0.25) is 5.02 Å². The first kappa shape index (κ1) is 18.0. The lowest BCUT2D eigenvalue weighted by Crippen LogP contribution is -2.45. The van der Waals surface area contributed by atoms with Crippen LogP contribution in [0.4, 0.5) is 0 Å². The van der Waals surface area contributed by atoms with Crippen LogP contribution in [0.5, 0.6) is 11.5 Å². The third-order valence-corrected chi connectivity index (χ3v) is 3.46. The molecule has 0 spiro atoms. The second-order valence-corrected chi connectivity index (χ2v) is 5.99. The first-order chi connectivity index (χ1) is 9.80. The Hall–Kier alpha value is -1.01.